The molecule has 0 spiro atoms. The van der Waals surface area contributed by atoms with E-state index in [1.54, 1.807) is 0 Å². The van der Waals surface area contributed by atoms with Crippen LogP contribution in [0, 0.1) is 73.9 Å². The summed E-state index contributed by atoms with van der Waals surface area (Å²) in [5, 5.41) is 25.8. The summed E-state index contributed by atoms with van der Waals surface area (Å²) < 4.78 is 15.4. The van der Waals surface area contributed by atoms with E-state index in [9.17, 15) is 15.2 Å². The van der Waals surface area contributed by atoms with E-state index in [4.69, 9.17) is 15.2 Å². The van der Waals surface area contributed by atoms with Crippen molar-refractivity contribution in [2.24, 2.45) is 68.3 Å². The highest BCUT2D eigenvalue weighted by Gasteiger charge is 2.72. The summed E-state index contributed by atoms with van der Waals surface area (Å²) in [4.78, 5) is 17.8. The van der Waals surface area contributed by atoms with Gasteiger partial charge in [0.05, 0.1) is 37.9 Å². The van der Waals surface area contributed by atoms with E-state index in [1.165, 1.54) is 11.9 Å². The molecule has 0 radical (unpaired) electrons. The molecule has 4 fully saturated rings. The number of carboxylic acids is 1. The molecule has 2 heterocycles. The monoisotopic (exact) mass is 663 g/mol. The number of carbonyl (C=O) groups is 1. The second kappa shape index (κ2) is 11.6. The smallest absolute Gasteiger partial charge is 0.307 e. The molecule has 1 unspecified atom stereocenters. The molecule has 3 saturated carbocycles. The number of ether oxygens (including phenoxy) is 2. The van der Waals surface area contributed by atoms with Crippen LogP contribution in [0.4, 0.5) is 0 Å². The maximum absolute atomic E-state index is 13.4. The third kappa shape index (κ3) is 4.74. The van der Waals surface area contributed by atoms with Crippen LogP contribution in [0.5, 0.6) is 0 Å². The number of hydrogen-bond donors (Lipinski definition) is 2. The zero-order valence-corrected chi connectivity index (χ0v) is 31.2. The first-order chi connectivity index (χ1) is 22.3. The van der Waals surface area contributed by atoms with Crippen LogP contribution in [0.15, 0.2) is 18.0 Å². The minimum Gasteiger partial charge on any atom is -0.481 e. The van der Waals surface area contributed by atoms with Crippen molar-refractivity contribution in [3.63, 3.8) is 0 Å². The predicted molar refractivity (Wildman–Crippen MR) is 185 cm³/mol. The van der Waals surface area contributed by atoms with Crippen LogP contribution < -0.4 is 5.73 Å². The van der Waals surface area contributed by atoms with Gasteiger partial charge in [-0.25, -0.2) is 9.67 Å². The summed E-state index contributed by atoms with van der Waals surface area (Å²) in [5.41, 5.74) is 6.27. The molecule has 4 aliphatic carbocycles. The number of rotatable bonds is 8. The highest BCUT2D eigenvalue weighted by atomic mass is 16.5. The quantitative estimate of drug-likeness (QED) is 0.283. The molecule has 3 N–H and O–H groups in total. The van der Waals surface area contributed by atoms with E-state index < -0.39 is 17.4 Å². The summed E-state index contributed by atoms with van der Waals surface area (Å²) in [5.74, 6) is 0.734. The lowest BCUT2D eigenvalue weighted by atomic mass is 9.34. The number of hydrogen-bond acceptors (Lipinski definition) is 7. The van der Waals surface area contributed by atoms with Crippen molar-refractivity contribution in [1.29, 1.82) is 5.26 Å². The summed E-state index contributed by atoms with van der Waals surface area (Å²) in [6, 6.07) is 2.07. The lowest BCUT2D eigenvalue weighted by Crippen LogP contribution is -2.69. The number of aliphatic carboxylic acids is 1. The number of allylic oxidation sites excluding steroid dienone is 1. The molecule has 9 nitrogen and oxygen atoms in total. The maximum Gasteiger partial charge on any atom is 0.307 e. The fourth-order valence-electron chi connectivity index (χ4n) is 12.1. The second-order valence-electron chi connectivity index (χ2n) is 18.6. The average molecular weight is 664 g/mol. The van der Waals surface area contributed by atoms with Crippen LogP contribution in [0.25, 0.3) is 0 Å². The SMILES string of the molecule is CC(C)[C@@H](C)[C@@]1(C)CC[C@]2(C)[C@H]3CC[C@H]4C5(C)COC[C@@]4(C[C@@H](n4ncnc4C#N)[C@@H]5OC[C@](C)(N)C(C)C)C3=CC[C@@]2(C)[C@@H]1C(=O)O. The van der Waals surface area contributed by atoms with E-state index in [2.05, 4.69) is 84.5 Å². The molecular weight excluding hydrogens is 602 g/mol. The van der Waals surface area contributed by atoms with Crippen LogP contribution in [-0.2, 0) is 14.3 Å². The van der Waals surface area contributed by atoms with Crippen molar-refractivity contribution in [1.82, 2.24) is 14.8 Å². The van der Waals surface area contributed by atoms with E-state index in [-0.39, 0.29) is 51.1 Å². The predicted octanol–water partition coefficient (Wildman–Crippen LogP) is 7.04. The van der Waals surface area contributed by atoms with Crippen molar-refractivity contribution in [3.8, 4) is 6.07 Å². The van der Waals surface area contributed by atoms with Gasteiger partial charge in [0.2, 0.25) is 5.82 Å². The first-order valence-corrected chi connectivity index (χ1v) is 18.6. The first kappa shape index (κ1) is 35.5. The van der Waals surface area contributed by atoms with E-state index in [1.807, 2.05) is 11.6 Å². The highest BCUT2D eigenvalue weighted by molar-refractivity contribution is 5.73. The zero-order chi connectivity index (χ0) is 35.2. The molecule has 9 heteroatoms. The molecule has 1 saturated heterocycles. The van der Waals surface area contributed by atoms with Gasteiger partial charge in [-0.15, -0.1) is 0 Å². The molecule has 6 rings (SSSR count). The lowest BCUT2D eigenvalue weighted by molar-refractivity contribution is -0.252. The maximum atomic E-state index is 13.4. The number of aromatic nitrogens is 3. The Morgan fingerprint density at radius 2 is 1.88 bits per heavy atom. The van der Waals surface area contributed by atoms with Gasteiger partial charge in [0.25, 0.3) is 0 Å². The number of nitrogens with zero attached hydrogens (tertiary/aromatic N) is 4. The molecule has 5 aliphatic rings. The molecule has 1 aromatic heterocycles. The third-order valence-corrected chi connectivity index (χ3v) is 16.0. The second-order valence-corrected chi connectivity index (χ2v) is 18.6. The van der Waals surface area contributed by atoms with Gasteiger partial charge < -0.3 is 20.3 Å². The lowest BCUT2D eigenvalue weighted by Gasteiger charge is -2.71. The van der Waals surface area contributed by atoms with Gasteiger partial charge in [-0.3, -0.25) is 4.79 Å². The molecule has 12 atom stereocenters. The van der Waals surface area contributed by atoms with Gasteiger partial charge in [0, 0.05) is 16.4 Å². The minimum absolute atomic E-state index is 0.170. The van der Waals surface area contributed by atoms with Crippen molar-refractivity contribution in [3.05, 3.63) is 23.8 Å². The largest absolute Gasteiger partial charge is 0.481 e. The summed E-state index contributed by atoms with van der Waals surface area (Å²) in [6.07, 6.45) is 9.16. The van der Waals surface area contributed by atoms with Gasteiger partial charge in [0.15, 0.2) is 0 Å². The van der Waals surface area contributed by atoms with Crippen LogP contribution >= 0.6 is 0 Å². The Morgan fingerprint density at radius 1 is 1.17 bits per heavy atom. The Kier molecular flexibility index (Phi) is 8.61. The number of fused-ring (bicyclic) bond motifs is 3. The number of carboxylic acid groups (broad SMARTS) is 1. The molecule has 48 heavy (non-hydrogen) atoms. The zero-order valence-electron chi connectivity index (χ0n) is 31.2. The summed E-state index contributed by atoms with van der Waals surface area (Å²) in [7, 11) is 0. The Hall–Kier alpha value is -2.28. The van der Waals surface area contributed by atoms with Crippen molar-refractivity contribution >= 4 is 5.97 Å². The fourth-order valence-corrected chi connectivity index (χ4v) is 12.1. The molecule has 1 aliphatic heterocycles. The van der Waals surface area contributed by atoms with Crippen molar-refractivity contribution < 1.29 is 19.4 Å². The molecule has 0 amide bonds. The Balaban J connectivity index is 1.46. The van der Waals surface area contributed by atoms with E-state index >= 15 is 0 Å². The van der Waals surface area contributed by atoms with Crippen molar-refractivity contribution in [2.75, 3.05) is 19.8 Å². The average Bonchev–Trinajstić information content (AvgIpc) is 3.49. The van der Waals surface area contributed by atoms with Crippen LogP contribution in [-0.4, -0.2) is 57.3 Å². The van der Waals surface area contributed by atoms with Gasteiger partial charge in [-0.2, -0.15) is 10.4 Å². The summed E-state index contributed by atoms with van der Waals surface area (Å²) >= 11 is 0. The fraction of sp³-hybridized carbons (Fsp3) is 0.846. The summed E-state index contributed by atoms with van der Waals surface area (Å²) in [6.45, 7) is 23.9. The van der Waals surface area contributed by atoms with E-state index in [0.717, 1.165) is 38.5 Å². The van der Waals surface area contributed by atoms with Crippen LogP contribution in [0.2, 0.25) is 0 Å². The Labute approximate surface area is 288 Å². The van der Waals surface area contributed by atoms with Crippen LogP contribution in [0.1, 0.15) is 120 Å². The normalized spacial score (nSPS) is 44.1. The third-order valence-electron chi connectivity index (χ3n) is 16.0. The molecule has 266 valence electrons. The first-order valence-electron chi connectivity index (χ1n) is 18.6. The Bertz CT molecular complexity index is 1490. The Morgan fingerprint density at radius 3 is 2.50 bits per heavy atom. The number of nitrogens with two attached hydrogens (primary N) is 1. The van der Waals surface area contributed by atoms with Gasteiger partial charge in [-0.1, -0.05) is 74.0 Å². The van der Waals surface area contributed by atoms with Gasteiger partial charge >= 0.3 is 5.97 Å². The van der Waals surface area contributed by atoms with Crippen molar-refractivity contribution in [2.45, 2.75) is 125 Å². The topological polar surface area (TPSA) is 136 Å². The molecule has 2 bridgehead atoms. The van der Waals surface area contributed by atoms with E-state index in [0.29, 0.717) is 43.4 Å². The molecule has 0 aromatic carbocycles. The molecular formula is C39H61N5O4. The highest BCUT2D eigenvalue weighted by Crippen LogP contribution is 2.75. The number of nitriles is 1. The van der Waals surface area contributed by atoms with Gasteiger partial charge in [-0.05, 0) is 91.3 Å². The van der Waals surface area contributed by atoms with Gasteiger partial charge in [0.1, 0.15) is 12.4 Å². The minimum atomic E-state index is -0.642. The van der Waals surface area contributed by atoms with Crippen LogP contribution in [0.3, 0.4) is 0 Å². The standard InChI is InChI=1S/C39H61N5O4/c1-23(2)25(5)34(6)15-16-36(8)26-11-12-29-35(7)19-47-21-39(29,27(26)13-14-37(36,9)31(34)33(45)46)17-28(44-30(18-40)42-22-43-44)32(35)48-20-38(10,41)24(3)4/h13,22-26,28-29,31-32H,11-12,14-17,19-21,41H2,1-10H3,(H,45,46)/t25-,26+,28-,29+,31-,32+,34-,35?,36-,37+,38+,39+/m1/s1. The molecule has 1 aromatic rings.